The summed E-state index contributed by atoms with van der Waals surface area (Å²) in [4.78, 5) is 0. The number of hydrogen-bond acceptors (Lipinski definition) is 3. The SMILES string of the molecule is CCOc1ccccc1NC(=S)NCCOc1ccccc1Cl. The minimum atomic E-state index is 0.457. The van der Waals surface area contributed by atoms with Gasteiger partial charge in [0, 0.05) is 0 Å². The second-order valence-electron chi connectivity index (χ2n) is 4.59. The summed E-state index contributed by atoms with van der Waals surface area (Å²) in [6, 6.07) is 15.0. The Morgan fingerprint density at radius 1 is 1.04 bits per heavy atom. The third-order valence-corrected chi connectivity index (χ3v) is 3.48. The first kappa shape index (κ1) is 17.4. The zero-order valence-corrected chi connectivity index (χ0v) is 14.4. The molecule has 23 heavy (non-hydrogen) atoms. The molecule has 0 fully saturated rings. The second kappa shape index (κ2) is 9.22. The molecule has 0 amide bonds. The Bertz CT molecular complexity index is 652. The van der Waals surface area contributed by atoms with Crippen LogP contribution < -0.4 is 20.1 Å². The van der Waals surface area contributed by atoms with Crippen LogP contribution in [0.25, 0.3) is 0 Å². The quantitative estimate of drug-likeness (QED) is 0.581. The third-order valence-electron chi connectivity index (χ3n) is 2.92. The summed E-state index contributed by atoms with van der Waals surface area (Å²) in [7, 11) is 0. The van der Waals surface area contributed by atoms with E-state index in [4.69, 9.17) is 33.3 Å². The van der Waals surface area contributed by atoms with Gasteiger partial charge in [-0.3, -0.25) is 0 Å². The number of anilines is 1. The lowest BCUT2D eigenvalue weighted by Gasteiger charge is -2.14. The van der Waals surface area contributed by atoms with Gasteiger partial charge in [-0.15, -0.1) is 0 Å². The minimum absolute atomic E-state index is 0.457. The molecular formula is C17H19ClN2O2S. The van der Waals surface area contributed by atoms with Crippen molar-refractivity contribution in [2.75, 3.05) is 25.1 Å². The lowest BCUT2D eigenvalue weighted by atomic mass is 10.3. The van der Waals surface area contributed by atoms with Gasteiger partial charge in [0.25, 0.3) is 0 Å². The molecule has 0 aliphatic heterocycles. The predicted molar refractivity (Wildman–Crippen MR) is 98.8 cm³/mol. The normalized spacial score (nSPS) is 10.0. The van der Waals surface area contributed by atoms with Gasteiger partial charge >= 0.3 is 0 Å². The molecule has 0 aliphatic rings. The number of para-hydroxylation sites is 3. The van der Waals surface area contributed by atoms with Gasteiger partial charge in [0.15, 0.2) is 5.11 Å². The average Bonchev–Trinajstić information content (AvgIpc) is 2.55. The van der Waals surface area contributed by atoms with E-state index in [2.05, 4.69) is 10.6 Å². The fraction of sp³-hybridized carbons (Fsp3) is 0.235. The number of halogens is 1. The highest BCUT2D eigenvalue weighted by molar-refractivity contribution is 7.80. The van der Waals surface area contributed by atoms with Crippen LogP contribution in [0.2, 0.25) is 5.02 Å². The van der Waals surface area contributed by atoms with Gasteiger partial charge in [-0.05, 0) is 43.4 Å². The van der Waals surface area contributed by atoms with Crippen molar-refractivity contribution in [3.05, 3.63) is 53.6 Å². The maximum atomic E-state index is 6.02. The molecule has 0 aromatic heterocycles. The molecule has 122 valence electrons. The summed E-state index contributed by atoms with van der Waals surface area (Å²) in [5.41, 5.74) is 0.832. The highest BCUT2D eigenvalue weighted by Crippen LogP contribution is 2.24. The van der Waals surface area contributed by atoms with Crippen LogP contribution in [0.3, 0.4) is 0 Å². The summed E-state index contributed by atoms with van der Waals surface area (Å²) < 4.78 is 11.1. The van der Waals surface area contributed by atoms with Crippen LogP contribution in [0.1, 0.15) is 6.92 Å². The Labute approximate surface area is 146 Å². The molecule has 2 N–H and O–H groups in total. The Kier molecular flexibility index (Phi) is 6.97. The molecule has 0 atom stereocenters. The Morgan fingerprint density at radius 2 is 1.74 bits per heavy atom. The summed E-state index contributed by atoms with van der Waals surface area (Å²) in [5.74, 6) is 1.43. The zero-order chi connectivity index (χ0) is 16.5. The van der Waals surface area contributed by atoms with Crippen molar-refractivity contribution in [1.29, 1.82) is 0 Å². The number of nitrogens with one attached hydrogen (secondary N) is 2. The van der Waals surface area contributed by atoms with Crippen molar-refractivity contribution >= 4 is 34.6 Å². The second-order valence-corrected chi connectivity index (χ2v) is 5.40. The number of thiocarbonyl (C=S) groups is 1. The average molecular weight is 351 g/mol. The molecule has 0 spiro atoms. The Morgan fingerprint density at radius 3 is 2.48 bits per heavy atom. The Hall–Kier alpha value is -1.98. The highest BCUT2D eigenvalue weighted by Gasteiger charge is 2.04. The fourth-order valence-corrected chi connectivity index (χ4v) is 2.31. The first-order valence-electron chi connectivity index (χ1n) is 7.34. The van der Waals surface area contributed by atoms with Gasteiger partial charge in [-0.1, -0.05) is 35.9 Å². The maximum absolute atomic E-state index is 6.02. The molecule has 0 bridgehead atoms. The van der Waals surface area contributed by atoms with Crippen LogP contribution in [-0.4, -0.2) is 24.9 Å². The number of hydrogen-bond donors (Lipinski definition) is 2. The van der Waals surface area contributed by atoms with Gasteiger partial charge in [0.05, 0.1) is 23.9 Å². The lowest BCUT2D eigenvalue weighted by molar-refractivity contribution is 0.323. The van der Waals surface area contributed by atoms with Crippen LogP contribution in [-0.2, 0) is 0 Å². The maximum Gasteiger partial charge on any atom is 0.170 e. The largest absolute Gasteiger partial charge is 0.492 e. The molecule has 0 heterocycles. The van der Waals surface area contributed by atoms with Gasteiger partial charge in [-0.2, -0.15) is 0 Å². The molecule has 0 unspecified atom stereocenters. The van der Waals surface area contributed by atoms with Gasteiger partial charge < -0.3 is 20.1 Å². The molecule has 0 aliphatic carbocycles. The molecular weight excluding hydrogens is 332 g/mol. The first-order valence-corrected chi connectivity index (χ1v) is 8.13. The summed E-state index contributed by atoms with van der Waals surface area (Å²) in [6.45, 7) is 3.57. The smallest absolute Gasteiger partial charge is 0.170 e. The fourth-order valence-electron chi connectivity index (χ4n) is 1.91. The van der Waals surface area contributed by atoms with Crippen LogP contribution in [0, 0.1) is 0 Å². The summed E-state index contributed by atoms with van der Waals surface area (Å²) in [5, 5.41) is 7.32. The molecule has 0 radical (unpaired) electrons. The molecule has 2 aromatic carbocycles. The van der Waals surface area contributed by atoms with Crippen molar-refractivity contribution in [2.24, 2.45) is 0 Å². The van der Waals surface area contributed by atoms with Crippen molar-refractivity contribution in [1.82, 2.24) is 5.32 Å². The monoisotopic (exact) mass is 350 g/mol. The van der Waals surface area contributed by atoms with E-state index in [0.717, 1.165) is 11.4 Å². The van der Waals surface area contributed by atoms with Crippen LogP contribution in [0.5, 0.6) is 11.5 Å². The minimum Gasteiger partial charge on any atom is -0.492 e. The third kappa shape index (κ3) is 5.62. The van der Waals surface area contributed by atoms with Gasteiger partial charge in [-0.25, -0.2) is 0 Å². The lowest BCUT2D eigenvalue weighted by Crippen LogP contribution is -2.32. The highest BCUT2D eigenvalue weighted by atomic mass is 35.5. The van der Waals surface area contributed by atoms with E-state index in [0.29, 0.717) is 35.6 Å². The summed E-state index contributed by atoms with van der Waals surface area (Å²) in [6.07, 6.45) is 0. The van der Waals surface area contributed by atoms with E-state index in [1.54, 1.807) is 6.07 Å². The van der Waals surface area contributed by atoms with Crippen molar-refractivity contribution < 1.29 is 9.47 Å². The van der Waals surface area contributed by atoms with E-state index >= 15 is 0 Å². The number of benzene rings is 2. The van der Waals surface area contributed by atoms with E-state index in [1.807, 2.05) is 49.4 Å². The van der Waals surface area contributed by atoms with Crippen molar-refractivity contribution in [3.8, 4) is 11.5 Å². The van der Waals surface area contributed by atoms with Crippen LogP contribution in [0.15, 0.2) is 48.5 Å². The standard InChI is InChI=1S/C17H19ClN2O2S/c1-2-21-16-10-6-4-8-14(16)20-17(23)19-11-12-22-15-9-5-3-7-13(15)18/h3-10H,2,11-12H2,1H3,(H2,19,20,23). The van der Waals surface area contributed by atoms with E-state index < -0.39 is 0 Å². The van der Waals surface area contributed by atoms with Crippen molar-refractivity contribution in [2.45, 2.75) is 6.92 Å². The zero-order valence-electron chi connectivity index (χ0n) is 12.8. The molecule has 0 saturated carbocycles. The van der Waals surface area contributed by atoms with Crippen molar-refractivity contribution in [3.63, 3.8) is 0 Å². The first-order chi connectivity index (χ1) is 11.2. The topological polar surface area (TPSA) is 42.5 Å². The summed E-state index contributed by atoms with van der Waals surface area (Å²) >= 11 is 11.3. The predicted octanol–water partition coefficient (Wildman–Crippen LogP) is 4.10. The molecule has 6 heteroatoms. The Balaban J connectivity index is 1.76. The number of rotatable bonds is 7. The van der Waals surface area contributed by atoms with E-state index in [1.165, 1.54) is 0 Å². The van der Waals surface area contributed by atoms with Gasteiger partial charge in [0.2, 0.25) is 0 Å². The molecule has 0 saturated heterocycles. The molecule has 2 aromatic rings. The van der Waals surface area contributed by atoms with E-state index in [9.17, 15) is 0 Å². The molecule has 4 nitrogen and oxygen atoms in total. The number of ether oxygens (including phenoxy) is 2. The van der Waals surface area contributed by atoms with Crippen LogP contribution in [0.4, 0.5) is 5.69 Å². The van der Waals surface area contributed by atoms with Gasteiger partial charge in [0.1, 0.15) is 18.1 Å². The van der Waals surface area contributed by atoms with Crippen LogP contribution >= 0.6 is 23.8 Å². The van der Waals surface area contributed by atoms with E-state index in [-0.39, 0.29) is 0 Å². The molecule has 2 rings (SSSR count).